The minimum absolute atomic E-state index is 1.02. The van der Waals surface area contributed by atoms with Gasteiger partial charge in [0.2, 0.25) is 0 Å². The Labute approximate surface area is 168 Å². The lowest BCUT2D eigenvalue weighted by atomic mass is 9.99. The molecular formula is C27H27N. The zero-order chi connectivity index (χ0) is 19.2. The monoisotopic (exact) mass is 365 g/mol. The van der Waals surface area contributed by atoms with Crippen LogP contribution in [0.1, 0.15) is 38.2 Å². The average molecular weight is 366 g/mol. The van der Waals surface area contributed by atoms with Gasteiger partial charge in [0, 0.05) is 10.9 Å². The van der Waals surface area contributed by atoms with Crippen molar-refractivity contribution in [1.82, 2.24) is 4.98 Å². The summed E-state index contributed by atoms with van der Waals surface area (Å²) in [6.45, 7) is 2.26. The van der Waals surface area contributed by atoms with Gasteiger partial charge in [0.25, 0.3) is 0 Å². The second-order valence-electron chi connectivity index (χ2n) is 7.47. The summed E-state index contributed by atoms with van der Waals surface area (Å²) in [5.41, 5.74) is 7.18. The Kier molecular flexibility index (Phi) is 5.82. The van der Waals surface area contributed by atoms with E-state index in [4.69, 9.17) is 4.98 Å². The predicted molar refractivity (Wildman–Crippen MR) is 120 cm³/mol. The maximum absolute atomic E-state index is 4.80. The number of rotatable bonds is 7. The second-order valence-corrected chi connectivity index (χ2v) is 7.47. The van der Waals surface area contributed by atoms with Gasteiger partial charge in [0.15, 0.2) is 0 Å². The summed E-state index contributed by atoms with van der Waals surface area (Å²) in [6, 6.07) is 30.3. The molecule has 140 valence electrons. The smallest absolute Gasteiger partial charge is 0.0709 e. The van der Waals surface area contributed by atoms with Crippen LogP contribution in [0.15, 0.2) is 84.9 Å². The fourth-order valence-corrected chi connectivity index (χ4v) is 3.68. The van der Waals surface area contributed by atoms with Crippen molar-refractivity contribution in [2.24, 2.45) is 0 Å². The largest absolute Gasteiger partial charge is 0.248 e. The van der Waals surface area contributed by atoms with Gasteiger partial charge < -0.3 is 0 Å². The first-order chi connectivity index (χ1) is 13.8. The highest BCUT2D eigenvalue weighted by Crippen LogP contribution is 2.26. The fraction of sp³-hybridized carbons (Fsp3) is 0.222. The SMILES string of the molecule is CCCCCCc1ccc(-c2ccc(-c3ccc4ccccc4n3)cc2)cc1. The van der Waals surface area contributed by atoms with Gasteiger partial charge in [0.05, 0.1) is 11.2 Å². The summed E-state index contributed by atoms with van der Waals surface area (Å²) >= 11 is 0. The molecule has 1 heteroatoms. The number of para-hydroxylation sites is 1. The van der Waals surface area contributed by atoms with Crippen LogP contribution in [0.3, 0.4) is 0 Å². The van der Waals surface area contributed by atoms with Gasteiger partial charge in [-0.15, -0.1) is 0 Å². The van der Waals surface area contributed by atoms with Crippen molar-refractivity contribution in [3.8, 4) is 22.4 Å². The number of aryl methyl sites for hydroxylation is 1. The summed E-state index contributed by atoms with van der Waals surface area (Å²) in [7, 11) is 0. The molecule has 0 spiro atoms. The van der Waals surface area contributed by atoms with E-state index in [0.29, 0.717) is 0 Å². The molecule has 0 saturated carbocycles. The Morgan fingerprint density at radius 3 is 2.04 bits per heavy atom. The van der Waals surface area contributed by atoms with Crippen molar-refractivity contribution in [1.29, 1.82) is 0 Å². The van der Waals surface area contributed by atoms with Crippen molar-refractivity contribution in [2.75, 3.05) is 0 Å². The molecule has 1 aromatic heterocycles. The number of aromatic nitrogens is 1. The van der Waals surface area contributed by atoms with E-state index in [-0.39, 0.29) is 0 Å². The average Bonchev–Trinajstić information content (AvgIpc) is 2.77. The maximum atomic E-state index is 4.80. The lowest BCUT2D eigenvalue weighted by Crippen LogP contribution is -1.87. The molecule has 4 aromatic rings. The van der Waals surface area contributed by atoms with Crippen LogP contribution in [0.2, 0.25) is 0 Å². The molecule has 28 heavy (non-hydrogen) atoms. The van der Waals surface area contributed by atoms with E-state index in [1.165, 1.54) is 54.2 Å². The van der Waals surface area contributed by atoms with E-state index in [1.54, 1.807) is 0 Å². The highest BCUT2D eigenvalue weighted by atomic mass is 14.7. The van der Waals surface area contributed by atoms with Crippen molar-refractivity contribution in [3.05, 3.63) is 90.5 Å². The molecule has 0 bridgehead atoms. The van der Waals surface area contributed by atoms with Crippen LogP contribution >= 0.6 is 0 Å². The standard InChI is InChI=1S/C27H27N/c1-2-3-4-5-8-21-11-13-22(14-12-21)23-15-17-25(18-16-23)27-20-19-24-9-6-7-10-26(24)28-27/h6-7,9-20H,2-5,8H2,1H3. The van der Waals surface area contributed by atoms with Crippen molar-refractivity contribution in [3.63, 3.8) is 0 Å². The molecule has 0 aliphatic heterocycles. The lowest BCUT2D eigenvalue weighted by molar-refractivity contribution is 0.667. The van der Waals surface area contributed by atoms with Crippen molar-refractivity contribution < 1.29 is 0 Å². The van der Waals surface area contributed by atoms with E-state index in [2.05, 4.69) is 85.8 Å². The molecule has 3 aromatic carbocycles. The number of fused-ring (bicyclic) bond motifs is 1. The number of nitrogens with zero attached hydrogens (tertiary/aromatic N) is 1. The molecule has 0 N–H and O–H groups in total. The summed E-state index contributed by atoms with van der Waals surface area (Å²) in [5, 5.41) is 1.18. The van der Waals surface area contributed by atoms with Crippen LogP contribution < -0.4 is 0 Å². The third-order valence-electron chi connectivity index (χ3n) is 5.39. The van der Waals surface area contributed by atoms with Crippen LogP contribution in [0.5, 0.6) is 0 Å². The molecule has 0 aliphatic rings. The number of benzene rings is 3. The molecule has 4 rings (SSSR count). The Morgan fingerprint density at radius 2 is 1.29 bits per heavy atom. The van der Waals surface area contributed by atoms with Crippen molar-refractivity contribution in [2.45, 2.75) is 39.0 Å². The van der Waals surface area contributed by atoms with Gasteiger partial charge in [-0.2, -0.15) is 0 Å². The quantitative estimate of drug-likeness (QED) is 0.306. The van der Waals surface area contributed by atoms with Crippen LogP contribution in [-0.2, 0) is 6.42 Å². The van der Waals surface area contributed by atoms with Gasteiger partial charge in [0.1, 0.15) is 0 Å². The number of hydrogen-bond acceptors (Lipinski definition) is 1. The minimum atomic E-state index is 1.02. The fourth-order valence-electron chi connectivity index (χ4n) is 3.68. The number of pyridine rings is 1. The van der Waals surface area contributed by atoms with E-state index >= 15 is 0 Å². The second kappa shape index (κ2) is 8.84. The highest BCUT2D eigenvalue weighted by Gasteiger charge is 2.03. The Bertz CT molecular complexity index is 1030. The van der Waals surface area contributed by atoms with E-state index in [0.717, 1.165) is 16.8 Å². The molecule has 1 nitrogen and oxygen atoms in total. The summed E-state index contributed by atoms with van der Waals surface area (Å²) in [5.74, 6) is 0. The molecular weight excluding hydrogens is 338 g/mol. The molecule has 0 aliphatic carbocycles. The molecule has 1 heterocycles. The lowest BCUT2D eigenvalue weighted by Gasteiger charge is -2.07. The van der Waals surface area contributed by atoms with Gasteiger partial charge in [-0.1, -0.05) is 99.0 Å². The molecule has 0 atom stereocenters. The zero-order valence-corrected chi connectivity index (χ0v) is 16.6. The number of hydrogen-bond donors (Lipinski definition) is 0. The summed E-state index contributed by atoms with van der Waals surface area (Å²) in [6.07, 6.45) is 6.45. The van der Waals surface area contributed by atoms with Gasteiger partial charge in [-0.05, 0) is 41.7 Å². The first-order valence-electron chi connectivity index (χ1n) is 10.4. The molecule has 0 saturated heterocycles. The summed E-state index contributed by atoms with van der Waals surface area (Å²) in [4.78, 5) is 4.80. The third kappa shape index (κ3) is 4.31. The first-order valence-corrected chi connectivity index (χ1v) is 10.4. The zero-order valence-electron chi connectivity index (χ0n) is 16.6. The molecule has 0 unspecified atom stereocenters. The van der Waals surface area contributed by atoms with Crippen LogP contribution in [-0.4, -0.2) is 4.98 Å². The maximum Gasteiger partial charge on any atom is 0.0709 e. The van der Waals surface area contributed by atoms with Crippen molar-refractivity contribution >= 4 is 10.9 Å². The first kappa shape index (κ1) is 18.4. The highest BCUT2D eigenvalue weighted by molar-refractivity contribution is 5.81. The Morgan fingerprint density at radius 1 is 0.607 bits per heavy atom. The van der Waals surface area contributed by atoms with Crippen LogP contribution in [0.4, 0.5) is 0 Å². The Balaban J connectivity index is 1.48. The van der Waals surface area contributed by atoms with Crippen LogP contribution in [0.25, 0.3) is 33.3 Å². The number of unbranched alkanes of at least 4 members (excludes halogenated alkanes) is 3. The van der Waals surface area contributed by atoms with E-state index < -0.39 is 0 Å². The predicted octanol–water partition coefficient (Wildman–Crippen LogP) is 7.69. The van der Waals surface area contributed by atoms with Gasteiger partial charge in [-0.3, -0.25) is 0 Å². The molecule has 0 fully saturated rings. The molecule has 0 radical (unpaired) electrons. The topological polar surface area (TPSA) is 12.9 Å². The third-order valence-corrected chi connectivity index (χ3v) is 5.39. The molecule has 0 amide bonds. The summed E-state index contributed by atoms with van der Waals surface area (Å²) < 4.78 is 0. The normalized spacial score (nSPS) is 11.0. The van der Waals surface area contributed by atoms with Gasteiger partial charge in [-0.25, -0.2) is 4.98 Å². The van der Waals surface area contributed by atoms with E-state index in [1.807, 2.05) is 6.07 Å². The Hall–Kier alpha value is -2.93. The van der Waals surface area contributed by atoms with Gasteiger partial charge >= 0.3 is 0 Å². The minimum Gasteiger partial charge on any atom is -0.248 e. The van der Waals surface area contributed by atoms with Crippen LogP contribution in [0, 0.1) is 0 Å². The van der Waals surface area contributed by atoms with E-state index in [9.17, 15) is 0 Å².